The fraction of sp³-hybridized carbons (Fsp3) is 0.294. The molecule has 0 radical (unpaired) electrons. The normalized spacial score (nSPS) is 14.0. The van der Waals surface area contributed by atoms with E-state index in [0.717, 1.165) is 28.8 Å². The lowest BCUT2D eigenvalue weighted by Gasteiger charge is -2.29. The lowest BCUT2D eigenvalue weighted by molar-refractivity contribution is -0.167. The van der Waals surface area contributed by atoms with E-state index in [-0.39, 0.29) is 48.4 Å². The zero-order chi connectivity index (χ0) is 35.5. The van der Waals surface area contributed by atoms with Crippen LogP contribution in [-0.2, 0) is 22.2 Å². The van der Waals surface area contributed by atoms with Crippen LogP contribution in [0.25, 0.3) is 5.69 Å². The fourth-order valence-electron chi connectivity index (χ4n) is 5.74. The molecule has 1 aliphatic rings. The van der Waals surface area contributed by atoms with Gasteiger partial charge in [-0.1, -0.05) is 43.3 Å². The Morgan fingerprint density at radius 1 is 0.918 bits per heavy atom. The molecule has 3 aromatic carbocycles. The van der Waals surface area contributed by atoms with Crippen molar-refractivity contribution < 1.29 is 40.7 Å². The summed E-state index contributed by atoms with van der Waals surface area (Å²) in [6.07, 6.45) is -9.57. The Balaban J connectivity index is 1.38. The third kappa shape index (κ3) is 7.61. The van der Waals surface area contributed by atoms with Crippen LogP contribution in [0, 0.1) is 0 Å². The first-order valence-electron chi connectivity index (χ1n) is 15.4. The topological polar surface area (TPSA) is 99.6 Å². The smallest absolute Gasteiger partial charge is 0.318 e. The van der Waals surface area contributed by atoms with Crippen molar-refractivity contribution in [3.05, 3.63) is 101 Å². The van der Waals surface area contributed by atoms with Crippen LogP contribution in [0.4, 0.5) is 43.4 Å². The van der Waals surface area contributed by atoms with Crippen molar-refractivity contribution in [3.8, 4) is 5.69 Å². The second-order valence-electron chi connectivity index (χ2n) is 11.2. The van der Waals surface area contributed by atoms with Crippen molar-refractivity contribution in [2.24, 2.45) is 0 Å². The van der Waals surface area contributed by atoms with Gasteiger partial charge in [0.15, 0.2) is 5.69 Å². The summed E-state index contributed by atoms with van der Waals surface area (Å²) in [6, 6.07) is 20.8. The molecule has 1 aromatic heterocycles. The van der Waals surface area contributed by atoms with Crippen LogP contribution in [0.2, 0.25) is 0 Å². The van der Waals surface area contributed by atoms with Gasteiger partial charge < -0.3 is 20.4 Å². The van der Waals surface area contributed by atoms with Gasteiger partial charge in [0, 0.05) is 41.8 Å². The van der Waals surface area contributed by atoms with Crippen molar-refractivity contribution in [2.45, 2.75) is 45.1 Å². The average molecular weight is 687 g/mol. The first-order valence-corrected chi connectivity index (χ1v) is 15.4. The first kappa shape index (κ1) is 35.1. The number of aromatic nitrogens is 2. The molecule has 0 spiro atoms. The van der Waals surface area contributed by atoms with Crippen LogP contribution in [0.5, 0.6) is 0 Å². The van der Waals surface area contributed by atoms with Crippen LogP contribution >= 0.6 is 0 Å². The molecule has 49 heavy (non-hydrogen) atoms. The molecule has 5 rings (SSSR count). The third-order valence-corrected chi connectivity index (χ3v) is 8.09. The van der Waals surface area contributed by atoms with E-state index in [1.165, 1.54) is 17.0 Å². The Morgan fingerprint density at radius 3 is 2.22 bits per heavy atom. The molecule has 3 amide bonds. The second-order valence-corrected chi connectivity index (χ2v) is 11.2. The number of alkyl halides is 6. The summed E-state index contributed by atoms with van der Waals surface area (Å²) >= 11 is 0. The molecule has 9 nitrogen and oxygen atoms in total. The number of halogens is 6. The molecule has 4 aromatic rings. The minimum atomic E-state index is -5.20. The monoisotopic (exact) mass is 686 g/mol. The highest BCUT2D eigenvalue weighted by atomic mass is 19.4. The SMILES string of the molecule is CC[C@H](NCC(=O)N(CC)c1ccc(N2CCc3c(C(F)(F)F)nn(-c4cccc(NC(=O)C(F)(F)F)c4)c3C2=O)cc1)c1ccccc1. The van der Waals surface area contributed by atoms with Gasteiger partial charge in [0.1, 0.15) is 5.69 Å². The molecule has 2 heterocycles. The predicted octanol–water partition coefficient (Wildman–Crippen LogP) is 6.69. The maximum Gasteiger partial charge on any atom is 0.471 e. The van der Waals surface area contributed by atoms with E-state index < -0.39 is 35.6 Å². The van der Waals surface area contributed by atoms with Gasteiger partial charge in [-0.05, 0) is 67.8 Å². The van der Waals surface area contributed by atoms with Crippen LogP contribution in [0.15, 0.2) is 78.9 Å². The van der Waals surface area contributed by atoms with E-state index in [0.29, 0.717) is 17.9 Å². The van der Waals surface area contributed by atoms with E-state index in [9.17, 15) is 40.7 Å². The van der Waals surface area contributed by atoms with Gasteiger partial charge in [0.2, 0.25) is 5.91 Å². The van der Waals surface area contributed by atoms with Crippen LogP contribution < -0.4 is 20.4 Å². The summed E-state index contributed by atoms with van der Waals surface area (Å²) in [7, 11) is 0. The highest BCUT2D eigenvalue weighted by Crippen LogP contribution is 2.37. The summed E-state index contributed by atoms with van der Waals surface area (Å²) in [4.78, 5) is 41.3. The van der Waals surface area contributed by atoms with Crippen molar-refractivity contribution in [1.29, 1.82) is 0 Å². The Bertz CT molecular complexity index is 1820. The van der Waals surface area contributed by atoms with Gasteiger partial charge in [0.05, 0.1) is 12.2 Å². The highest BCUT2D eigenvalue weighted by molar-refractivity contribution is 6.08. The van der Waals surface area contributed by atoms with E-state index >= 15 is 0 Å². The second kappa shape index (κ2) is 14.1. The zero-order valence-corrected chi connectivity index (χ0v) is 26.4. The molecular weight excluding hydrogens is 654 g/mol. The summed E-state index contributed by atoms with van der Waals surface area (Å²) in [5.41, 5.74) is -0.623. The molecule has 0 unspecified atom stereocenters. The molecule has 1 aliphatic heterocycles. The fourth-order valence-corrected chi connectivity index (χ4v) is 5.74. The van der Waals surface area contributed by atoms with Crippen molar-refractivity contribution in [2.75, 3.05) is 34.8 Å². The Hall–Kier alpha value is -5.18. The lowest BCUT2D eigenvalue weighted by Crippen LogP contribution is -2.40. The largest absolute Gasteiger partial charge is 0.471 e. The number of nitrogens with one attached hydrogen (secondary N) is 2. The molecule has 0 saturated heterocycles. The number of likely N-dealkylation sites (N-methyl/N-ethyl adjacent to an activating group) is 1. The number of benzene rings is 3. The minimum absolute atomic E-state index is 0.0198. The molecule has 15 heteroatoms. The molecule has 0 bridgehead atoms. The summed E-state index contributed by atoms with van der Waals surface area (Å²) in [5.74, 6) is -3.27. The van der Waals surface area contributed by atoms with Gasteiger partial charge >= 0.3 is 18.3 Å². The van der Waals surface area contributed by atoms with Crippen LogP contribution in [-0.4, -0.2) is 53.3 Å². The number of anilines is 3. The summed E-state index contributed by atoms with van der Waals surface area (Å²) < 4.78 is 81.3. The van der Waals surface area contributed by atoms with Crippen molar-refractivity contribution in [3.63, 3.8) is 0 Å². The number of nitrogens with zero attached hydrogens (tertiary/aromatic N) is 4. The van der Waals surface area contributed by atoms with Gasteiger partial charge in [-0.25, -0.2) is 4.68 Å². The molecule has 0 fully saturated rings. The van der Waals surface area contributed by atoms with Crippen LogP contribution in [0.1, 0.15) is 53.6 Å². The van der Waals surface area contributed by atoms with Gasteiger partial charge in [0.25, 0.3) is 5.91 Å². The van der Waals surface area contributed by atoms with E-state index in [1.54, 1.807) is 34.5 Å². The quantitative estimate of drug-likeness (QED) is 0.181. The standard InChI is InChI=1S/C34H32F6N6O3/c1-3-27(21-9-6-5-7-10-21)41-20-28(47)44(4-2)23-13-15-24(16-14-23)45-18-17-26-29(31(45)48)46(43-30(26)33(35,36)37)25-12-8-11-22(19-25)42-32(49)34(38,39)40/h5-16,19,27,41H,3-4,17-18,20H2,1-2H3,(H,42,49)/t27-/m0/s1. The predicted molar refractivity (Wildman–Crippen MR) is 171 cm³/mol. The molecule has 2 N–H and O–H groups in total. The van der Waals surface area contributed by atoms with E-state index in [2.05, 4.69) is 10.4 Å². The zero-order valence-electron chi connectivity index (χ0n) is 26.4. The molecule has 0 aliphatic carbocycles. The maximum atomic E-state index is 14.0. The third-order valence-electron chi connectivity index (χ3n) is 8.09. The number of amides is 3. The number of hydrogen-bond donors (Lipinski definition) is 2. The molecular formula is C34H32F6N6O3. The van der Waals surface area contributed by atoms with Crippen molar-refractivity contribution in [1.82, 2.24) is 15.1 Å². The summed E-state index contributed by atoms with van der Waals surface area (Å²) in [5, 5.41) is 8.61. The van der Waals surface area contributed by atoms with E-state index in [4.69, 9.17) is 0 Å². The van der Waals surface area contributed by atoms with Crippen molar-refractivity contribution >= 4 is 34.8 Å². The Morgan fingerprint density at radius 2 is 1.61 bits per heavy atom. The number of rotatable bonds is 10. The maximum absolute atomic E-state index is 14.0. The minimum Gasteiger partial charge on any atom is -0.318 e. The summed E-state index contributed by atoms with van der Waals surface area (Å²) in [6.45, 7) is 4.15. The molecule has 258 valence electrons. The number of carbonyl (C=O) groups excluding carboxylic acids is 3. The first-order chi connectivity index (χ1) is 23.2. The number of fused-ring (bicyclic) bond motifs is 1. The Kier molecular flexibility index (Phi) is 10.1. The molecule has 1 atom stereocenters. The van der Waals surface area contributed by atoms with Gasteiger partial charge in [-0.3, -0.25) is 14.4 Å². The number of hydrogen-bond acceptors (Lipinski definition) is 5. The Labute approximate surface area is 277 Å². The van der Waals surface area contributed by atoms with E-state index in [1.807, 2.05) is 44.2 Å². The highest BCUT2D eigenvalue weighted by Gasteiger charge is 2.43. The molecule has 0 saturated carbocycles. The van der Waals surface area contributed by atoms with Gasteiger partial charge in [-0.15, -0.1) is 0 Å². The van der Waals surface area contributed by atoms with Crippen LogP contribution in [0.3, 0.4) is 0 Å². The lowest BCUT2D eigenvalue weighted by atomic mass is 10.0. The van der Waals surface area contributed by atoms with Gasteiger partial charge in [-0.2, -0.15) is 31.4 Å². The average Bonchev–Trinajstić information content (AvgIpc) is 3.48. The number of carbonyl (C=O) groups is 3.